The number of ketones is 1. The van der Waals surface area contributed by atoms with Crippen LogP contribution < -0.4 is 10.5 Å². The molecule has 0 aliphatic heterocycles. The monoisotopic (exact) mass is 338 g/mol. The number of benzene rings is 1. The summed E-state index contributed by atoms with van der Waals surface area (Å²) < 4.78 is 38.8. The molecule has 0 aliphatic rings. The predicted molar refractivity (Wildman–Crippen MR) is 80.9 cm³/mol. The van der Waals surface area contributed by atoms with Gasteiger partial charge in [-0.3, -0.25) is 14.4 Å². The van der Waals surface area contributed by atoms with E-state index in [0.29, 0.717) is 24.4 Å². The number of carbonyl (C=O) groups is 2. The number of Topliss-reactive ketones (excluding diaryl/α,β-unsaturated/α-hetero) is 1. The Bertz CT molecular complexity index is 811. The van der Waals surface area contributed by atoms with Gasteiger partial charge in [-0.2, -0.15) is 13.2 Å². The smallest absolute Gasteiger partial charge is 0.318 e. The molecule has 0 N–H and O–H groups in total. The van der Waals surface area contributed by atoms with Crippen LogP contribution in [0.1, 0.15) is 15.9 Å². The molecule has 0 unspecified atom stereocenters. The highest BCUT2D eigenvalue weighted by Gasteiger charge is 2.31. The standard InChI is InChI=1S/C16H13F3N2O3/c1-20(10-22)13-5-2-11(3-6-13)14(23)9-21-8-12(16(17,18)19)4-7-15(21)24/h2-8,10H,9H2,1H3. The molecular weight excluding hydrogens is 325 g/mol. The first-order chi connectivity index (χ1) is 11.2. The van der Waals surface area contributed by atoms with Crippen molar-refractivity contribution in [2.24, 2.45) is 0 Å². The van der Waals surface area contributed by atoms with E-state index in [-0.39, 0.29) is 5.56 Å². The van der Waals surface area contributed by atoms with E-state index in [1.165, 1.54) is 36.2 Å². The van der Waals surface area contributed by atoms with Gasteiger partial charge < -0.3 is 9.47 Å². The van der Waals surface area contributed by atoms with Gasteiger partial charge in [-0.25, -0.2) is 0 Å². The predicted octanol–water partition coefficient (Wildman–Crippen LogP) is 2.34. The average molecular weight is 338 g/mol. The lowest BCUT2D eigenvalue weighted by molar-refractivity contribution is -0.138. The summed E-state index contributed by atoms with van der Waals surface area (Å²) in [5.41, 5.74) is -0.924. The number of amides is 1. The molecule has 0 bridgehead atoms. The number of anilines is 1. The fourth-order valence-electron chi connectivity index (χ4n) is 2.01. The molecule has 126 valence electrons. The number of nitrogens with zero attached hydrogens (tertiary/aromatic N) is 2. The molecule has 8 heteroatoms. The molecule has 0 atom stereocenters. The van der Waals surface area contributed by atoms with Gasteiger partial charge in [0.1, 0.15) is 0 Å². The third kappa shape index (κ3) is 3.89. The van der Waals surface area contributed by atoms with E-state index >= 15 is 0 Å². The first-order valence-electron chi connectivity index (χ1n) is 6.81. The topological polar surface area (TPSA) is 59.4 Å². The van der Waals surface area contributed by atoms with Crippen LogP contribution in [0.4, 0.5) is 18.9 Å². The SMILES string of the molecule is CN(C=O)c1ccc(C(=O)Cn2cc(C(F)(F)F)ccc2=O)cc1. The molecule has 0 aliphatic carbocycles. The minimum Gasteiger partial charge on any atom is -0.318 e. The van der Waals surface area contributed by atoms with E-state index in [1.807, 2.05) is 0 Å². The fourth-order valence-corrected chi connectivity index (χ4v) is 2.01. The quantitative estimate of drug-likeness (QED) is 0.621. The van der Waals surface area contributed by atoms with Crippen LogP contribution in [0.2, 0.25) is 0 Å². The van der Waals surface area contributed by atoms with Gasteiger partial charge >= 0.3 is 6.18 Å². The van der Waals surface area contributed by atoms with E-state index in [2.05, 4.69) is 0 Å². The lowest BCUT2D eigenvalue weighted by Gasteiger charge is -2.12. The zero-order chi connectivity index (χ0) is 17.9. The highest BCUT2D eigenvalue weighted by atomic mass is 19.4. The van der Waals surface area contributed by atoms with Crippen LogP contribution in [0.5, 0.6) is 0 Å². The Morgan fingerprint density at radius 3 is 2.33 bits per heavy atom. The second kappa shape index (κ2) is 6.69. The molecule has 2 aromatic rings. The van der Waals surface area contributed by atoms with Crippen LogP contribution in [0.25, 0.3) is 0 Å². The van der Waals surface area contributed by atoms with Crippen LogP contribution in [-0.2, 0) is 17.5 Å². The van der Waals surface area contributed by atoms with E-state index in [1.54, 1.807) is 0 Å². The van der Waals surface area contributed by atoms with Crippen LogP contribution in [0.3, 0.4) is 0 Å². The lowest BCUT2D eigenvalue weighted by Crippen LogP contribution is -2.25. The largest absolute Gasteiger partial charge is 0.417 e. The number of rotatable bonds is 5. The third-order valence-corrected chi connectivity index (χ3v) is 3.38. The van der Waals surface area contributed by atoms with Gasteiger partial charge in [0.25, 0.3) is 5.56 Å². The molecule has 1 aromatic heterocycles. The molecule has 0 fully saturated rings. The van der Waals surface area contributed by atoms with E-state index in [9.17, 15) is 27.6 Å². The van der Waals surface area contributed by atoms with Crippen molar-refractivity contribution >= 4 is 17.9 Å². The molecular formula is C16H13F3N2O3. The van der Waals surface area contributed by atoms with Crippen molar-refractivity contribution in [1.82, 2.24) is 4.57 Å². The summed E-state index contributed by atoms with van der Waals surface area (Å²) in [5, 5.41) is 0. The summed E-state index contributed by atoms with van der Waals surface area (Å²) in [7, 11) is 1.53. The Hall–Kier alpha value is -2.90. The van der Waals surface area contributed by atoms with E-state index in [4.69, 9.17) is 0 Å². The van der Waals surface area contributed by atoms with Gasteiger partial charge in [-0.1, -0.05) is 0 Å². The van der Waals surface area contributed by atoms with E-state index < -0.39 is 29.6 Å². The molecule has 0 radical (unpaired) electrons. The number of carbonyl (C=O) groups excluding carboxylic acids is 2. The molecule has 0 saturated heterocycles. The second-order valence-corrected chi connectivity index (χ2v) is 5.07. The molecule has 0 saturated carbocycles. The van der Waals surface area contributed by atoms with Crippen molar-refractivity contribution < 1.29 is 22.8 Å². The minimum absolute atomic E-state index is 0.224. The Morgan fingerprint density at radius 2 is 1.79 bits per heavy atom. The molecule has 1 heterocycles. The number of hydrogen-bond acceptors (Lipinski definition) is 3. The summed E-state index contributed by atoms with van der Waals surface area (Å²) in [4.78, 5) is 35.7. The van der Waals surface area contributed by atoms with Gasteiger partial charge in [0.15, 0.2) is 5.78 Å². The Morgan fingerprint density at radius 1 is 1.17 bits per heavy atom. The molecule has 1 amide bonds. The van der Waals surface area contributed by atoms with Crippen molar-refractivity contribution in [1.29, 1.82) is 0 Å². The maximum Gasteiger partial charge on any atom is 0.417 e. The zero-order valence-corrected chi connectivity index (χ0v) is 12.6. The lowest BCUT2D eigenvalue weighted by atomic mass is 10.1. The summed E-state index contributed by atoms with van der Waals surface area (Å²) >= 11 is 0. The number of halogens is 3. The average Bonchev–Trinajstić information content (AvgIpc) is 2.55. The zero-order valence-electron chi connectivity index (χ0n) is 12.6. The van der Waals surface area contributed by atoms with Crippen molar-refractivity contribution in [3.8, 4) is 0 Å². The van der Waals surface area contributed by atoms with Crippen LogP contribution in [0, 0.1) is 0 Å². The van der Waals surface area contributed by atoms with Crippen molar-refractivity contribution in [3.63, 3.8) is 0 Å². The summed E-state index contributed by atoms with van der Waals surface area (Å²) in [5.74, 6) is -0.517. The Labute approximate surface area is 134 Å². The summed E-state index contributed by atoms with van der Waals surface area (Å²) in [6, 6.07) is 7.38. The fraction of sp³-hybridized carbons (Fsp3) is 0.188. The maximum absolute atomic E-state index is 12.7. The van der Waals surface area contributed by atoms with Gasteiger partial charge in [-0.15, -0.1) is 0 Å². The minimum atomic E-state index is -4.60. The second-order valence-electron chi connectivity index (χ2n) is 5.07. The number of alkyl halides is 3. The molecule has 5 nitrogen and oxygen atoms in total. The number of pyridine rings is 1. The van der Waals surface area contributed by atoms with Gasteiger partial charge in [0.2, 0.25) is 6.41 Å². The highest BCUT2D eigenvalue weighted by molar-refractivity contribution is 5.96. The van der Waals surface area contributed by atoms with Crippen molar-refractivity contribution in [3.05, 3.63) is 64.1 Å². The van der Waals surface area contributed by atoms with Crippen LogP contribution in [-0.4, -0.2) is 23.8 Å². The first-order valence-corrected chi connectivity index (χ1v) is 6.81. The van der Waals surface area contributed by atoms with Crippen LogP contribution in [0.15, 0.2) is 47.4 Å². The highest BCUT2D eigenvalue weighted by Crippen LogP contribution is 2.28. The molecule has 24 heavy (non-hydrogen) atoms. The van der Waals surface area contributed by atoms with Gasteiger partial charge in [-0.05, 0) is 30.3 Å². The summed E-state index contributed by atoms with van der Waals surface area (Å²) in [6.45, 7) is -0.508. The third-order valence-electron chi connectivity index (χ3n) is 3.38. The number of hydrogen-bond donors (Lipinski definition) is 0. The Balaban J connectivity index is 2.23. The number of aromatic nitrogens is 1. The first kappa shape index (κ1) is 17.5. The van der Waals surface area contributed by atoms with Crippen molar-refractivity contribution in [2.45, 2.75) is 12.7 Å². The van der Waals surface area contributed by atoms with Gasteiger partial charge in [0.05, 0.1) is 12.1 Å². The summed E-state index contributed by atoms with van der Waals surface area (Å²) in [6.07, 6.45) is -3.38. The van der Waals surface area contributed by atoms with Crippen molar-refractivity contribution in [2.75, 3.05) is 11.9 Å². The van der Waals surface area contributed by atoms with Gasteiger partial charge in [0, 0.05) is 30.6 Å². The molecule has 2 rings (SSSR count). The maximum atomic E-state index is 12.7. The van der Waals surface area contributed by atoms with E-state index in [0.717, 1.165) is 10.6 Å². The Kier molecular flexibility index (Phi) is 4.87. The molecule has 0 spiro atoms. The normalized spacial score (nSPS) is 11.2. The van der Waals surface area contributed by atoms with Crippen LogP contribution >= 0.6 is 0 Å². The molecule has 1 aromatic carbocycles.